The van der Waals surface area contributed by atoms with Crippen molar-refractivity contribution in [1.29, 1.82) is 0 Å². The summed E-state index contributed by atoms with van der Waals surface area (Å²) >= 11 is 0. The van der Waals surface area contributed by atoms with Gasteiger partial charge in [-0.25, -0.2) is 0 Å². The zero-order valence-corrected chi connectivity index (χ0v) is 9.72. The maximum Gasteiger partial charge on any atom is 0.251 e. The van der Waals surface area contributed by atoms with E-state index in [1.165, 1.54) is 31.4 Å². The highest BCUT2D eigenvalue weighted by atomic mass is 16.5. The van der Waals surface area contributed by atoms with Crippen LogP contribution in [0, 0.1) is 0 Å². The van der Waals surface area contributed by atoms with Gasteiger partial charge in [-0.15, -0.1) is 0 Å². The van der Waals surface area contributed by atoms with E-state index in [9.17, 15) is 4.79 Å². The molecular weight excluding hydrogens is 222 g/mol. The Kier molecular flexibility index (Phi) is 5.45. The molecule has 1 aromatic carbocycles. The molecule has 1 atom stereocenters. The maximum absolute atomic E-state index is 11.8. The number of hydrogen-bond acceptors (Lipinski definition) is 4. The molecule has 0 spiro atoms. The molecule has 0 saturated heterocycles. The lowest BCUT2D eigenvalue weighted by Gasteiger charge is -2.16. The minimum absolute atomic E-state index is 0.0100. The highest BCUT2D eigenvalue weighted by Crippen LogP contribution is 2.09. The lowest BCUT2D eigenvalue weighted by Crippen LogP contribution is -2.38. The van der Waals surface area contributed by atoms with Gasteiger partial charge in [0.25, 0.3) is 5.91 Å². The summed E-state index contributed by atoms with van der Waals surface area (Å²) in [6, 6.07) is 5.76. The average Bonchev–Trinajstić information content (AvgIpc) is 2.30. The molecule has 0 saturated carbocycles. The second-order valence-corrected chi connectivity index (χ2v) is 3.68. The van der Waals surface area contributed by atoms with E-state index in [1.807, 2.05) is 0 Å². The molecule has 5 heteroatoms. The van der Waals surface area contributed by atoms with E-state index >= 15 is 0 Å². The number of phenols is 1. The SMILES string of the molecule is COCC(CCO)NC(=O)c1ccc(O)cc1. The maximum atomic E-state index is 11.8. The molecule has 0 heterocycles. The van der Waals surface area contributed by atoms with Crippen LogP contribution in [0.3, 0.4) is 0 Å². The van der Waals surface area contributed by atoms with Crippen LogP contribution in [0.1, 0.15) is 16.8 Å². The van der Waals surface area contributed by atoms with Crippen molar-refractivity contribution in [2.75, 3.05) is 20.3 Å². The number of carbonyl (C=O) groups is 1. The molecule has 1 rings (SSSR count). The standard InChI is InChI=1S/C12H17NO4/c1-17-8-10(6-7-14)13-12(16)9-2-4-11(15)5-3-9/h2-5,10,14-15H,6-8H2,1H3,(H,13,16). The van der Waals surface area contributed by atoms with Gasteiger partial charge >= 0.3 is 0 Å². The van der Waals surface area contributed by atoms with Gasteiger partial charge < -0.3 is 20.3 Å². The summed E-state index contributed by atoms with van der Waals surface area (Å²) in [6.45, 7) is 0.342. The second kappa shape index (κ2) is 6.88. The first-order chi connectivity index (χ1) is 8.17. The molecule has 94 valence electrons. The summed E-state index contributed by atoms with van der Waals surface area (Å²) in [5, 5.41) is 20.7. The van der Waals surface area contributed by atoms with Crippen LogP contribution >= 0.6 is 0 Å². The van der Waals surface area contributed by atoms with Crippen LogP contribution in [0.2, 0.25) is 0 Å². The number of benzene rings is 1. The average molecular weight is 239 g/mol. The molecular formula is C12H17NO4. The molecule has 0 radical (unpaired) electrons. The Labute approximate surface area is 100 Å². The molecule has 0 fully saturated rings. The number of hydrogen-bond donors (Lipinski definition) is 3. The molecule has 17 heavy (non-hydrogen) atoms. The van der Waals surface area contributed by atoms with Gasteiger partial charge in [0.15, 0.2) is 0 Å². The molecule has 5 nitrogen and oxygen atoms in total. The summed E-state index contributed by atoms with van der Waals surface area (Å²) in [5.74, 6) is -0.133. The third-order valence-corrected chi connectivity index (χ3v) is 2.31. The van der Waals surface area contributed by atoms with Crippen molar-refractivity contribution in [2.24, 2.45) is 0 Å². The van der Waals surface area contributed by atoms with E-state index in [2.05, 4.69) is 5.32 Å². The van der Waals surface area contributed by atoms with Crippen molar-refractivity contribution in [1.82, 2.24) is 5.32 Å². The summed E-state index contributed by atoms with van der Waals surface area (Å²) in [6.07, 6.45) is 0.442. The van der Waals surface area contributed by atoms with Crippen LogP contribution in [0.5, 0.6) is 5.75 Å². The number of aliphatic hydroxyl groups excluding tert-OH is 1. The quantitative estimate of drug-likeness (QED) is 0.676. The number of nitrogens with one attached hydrogen (secondary N) is 1. The number of carbonyl (C=O) groups excluding carboxylic acids is 1. The van der Waals surface area contributed by atoms with Crippen molar-refractivity contribution in [3.8, 4) is 5.75 Å². The van der Waals surface area contributed by atoms with Gasteiger partial charge in [0.05, 0.1) is 12.6 Å². The van der Waals surface area contributed by atoms with Gasteiger partial charge in [0.1, 0.15) is 5.75 Å². The molecule has 3 N–H and O–H groups in total. The van der Waals surface area contributed by atoms with Crippen LogP contribution in [0.15, 0.2) is 24.3 Å². The highest BCUT2D eigenvalue weighted by Gasteiger charge is 2.13. The van der Waals surface area contributed by atoms with Crippen molar-refractivity contribution in [2.45, 2.75) is 12.5 Å². The Balaban J connectivity index is 2.60. The minimum Gasteiger partial charge on any atom is -0.508 e. The first-order valence-electron chi connectivity index (χ1n) is 5.37. The molecule has 0 aromatic heterocycles. The number of aliphatic hydroxyl groups is 1. The van der Waals surface area contributed by atoms with Crippen LogP contribution in [-0.4, -0.2) is 42.5 Å². The third-order valence-electron chi connectivity index (χ3n) is 2.31. The third kappa shape index (κ3) is 4.42. The number of amides is 1. The van der Waals surface area contributed by atoms with Crippen LogP contribution in [0.25, 0.3) is 0 Å². The van der Waals surface area contributed by atoms with E-state index in [0.29, 0.717) is 18.6 Å². The van der Waals surface area contributed by atoms with Gasteiger partial charge in [0.2, 0.25) is 0 Å². The first-order valence-corrected chi connectivity index (χ1v) is 5.37. The highest BCUT2D eigenvalue weighted by molar-refractivity contribution is 5.94. The van der Waals surface area contributed by atoms with Crippen molar-refractivity contribution >= 4 is 5.91 Å². The minimum atomic E-state index is -0.250. The number of ether oxygens (including phenoxy) is 1. The van der Waals surface area contributed by atoms with Gasteiger partial charge in [-0.1, -0.05) is 0 Å². The fraction of sp³-hybridized carbons (Fsp3) is 0.417. The van der Waals surface area contributed by atoms with E-state index in [-0.39, 0.29) is 24.3 Å². The Morgan fingerprint density at radius 2 is 2.06 bits per heavy atom. The summed E-state index contributed by atoms with van der Waals surface area (Å²) in [7, 11) is 1.54. The lowest BCUT2D eigenvalue weighted by molar-refractivity contribution is 0.0878. The molecule has 1 unspecified atom stereocenters. The van der Waals surface area contributed by atoms with Crippen LogP contribution in [-0.2, 0) is 4.74 Å². The first kappa shape index (κ1) is 13.5. The smallest absolute Gasteiger partial charge is 0.251 e. The monoisotopic (exact) mass is 239 g/mol. The van der Waals surface area contributed by atoms with E-state index in [4.69, 9.17) is 14.9 Å². The molecule has 0 aliphatic heterocycles. The van der Waals surface area contributed by atoms with E-state index in [1.54, 1.807) is 0 Å². The van der Waals surface area contributed by atoms with Gasteiger partial charge in [-0.05, 0) is 30.7 Å². The zero-order valence-electron chi connectivity index (χ0n) is 9.72. The Hall–Kier alpha value is -1.59. The number of phenolic OH excluding ortho intramolecular Hbond substituents is 1. The zero-order chi connectivity index (χ0) is 12.7. The number of methoxy groups -OCH3 is 1. The fourth-order valence-corrected chi connectivity index (χ4v) is 1.44. The molecule has 1 amide bonds. The number of rotatable bonds is 6. The van der Waals surface area contributed by atoms with Crippen LogP contribution < -0.4 is 5.32 Å². The Morgan fingerprint density at radius 1 is 1.41 bits per heavy atom. The van der Waals surface area contributed by atoms with E-state index in [0.717, 1.165) is 0 Å². The second-order valence-electron chi connectivity index (χ2n) is 3.68. The molecule has 0 aliphatic rings. The van der Waals surface area contributed by atoms with Crippen molar-refractivity contribution in [3.63, 3.8) is 0 Å². The summed E-state index contributed by atoms with van der Waals surface area (Å²) in [4.78, 5) is 11.8. The topological polar surface area (TPSA) is 78.8 Å². The summed E-state index contributed by atoms with van der Waals surface area (Å²) < 4.78 is 4.95. The molecule has 0 aliphatic carbocycles. The van der Waals surface area contributed by atoms with Crippen molar-refractivity contribution in [3.05, 3.63) is 29.8 Å². The normalized spacial score (nSPS) is 12.1. The van der Waals surface area contributed by atoms with Crippen LogP contribution in [0.4, 0.5) is 0 Å². The predicted octanol–water partition coefficient (Wildman–Crippen LogP) is 0.519. The summed E-state index contributed by atoms with van der Waals surface area (Å²) in [5.41, 5.74) is 0.460. The van der Waals surface area contributed by atoms with Gasteiger partial charge in [-0.2, -0.15) is 0 Å². The largest absolute Gasteiger partial charge is 0.508 e. The van der Waals surface area contributed by atoms with Gasteiger partial charge in [-0.3, -0.25) is 4.79 Å². The molecule has 1 aromatic rings. The number of aromatic hydroxyl groups is 1. The lowest BCUT2D eigenvalue weighted by atomic mass is 10.1. The predicted molar refractivity (Wildman–Crippen MR) is 62.9 cm³/mol. The fourth-order valence-electron chi connectivity index (χ4n) is 1.44. The van der Waals surface area contributed by atoms with E-state index < -0.39 is 0 Å². The molecule has 0 bridgehead atoms. The Morgan fingerprint density at radius 3 is 2.59 bits per heavy atom. The van der Waals surface area contributed by atoms with Gasteiger partial charge in [0, 0.05) is 19.3 Å². The Bertz CT molecular complexity index is 344. The van der Waals surface area contributed by atoms with Crippen molar-refractivity contribution < 1.29 is 19.7 Å².